The lowest BCUT2D eigenvalue weighted by molar-refractivity contribution is -0.137. The zero-order valence-corrected chi connectivity index (χ0v) is 14.9. The second kappa shape index (κ2) is 6.53. The van der Waals surface area contributed by atoms with Crippen LogP contribution in [0.1, 0.15) is 29.6 Å². The van der Waals surface area contributed by atoms with E-state index in [-0.39, 0.29) is 35.1 Å². The van der Waals surface area contributed by atoms with Gasteiger partial charge < -0.3 is 14.6 Å². The summed E-state index contributed by atoms with van der Waals surface area (Å²) in [5.41, 5.74) is -0.218. The Labute approximate surface area is 158 Å². The van der Waals surface area contributed by atoms with Crippen LogP contribution in [0.25, 0.3) is 0 Å². The predicted molar refractivity (Wildman–Crippen MR) is 94.1 cm³/mol. The second-order valence-electron chi connectivity index (χ2n) is 7.03. The number of pyridine rings is 2. The van der Waals surface area contributed by atoms with Crippen molar-refractivity contribution >= 4 is 17.4 Å². The van der Waals surface area contributed by atoms with Crippen molar-refractivity contribution < 1.29 is 18.3 Å². The number of fused-ring (bicyclic) bond motifs is 4. The summed E-state index contributed by atoms with van der Waals surface area (Å²) in [6.45, 7) is 0.771. The molecule has 2 bridgehead atoms. The fourth-order valence-corrected chi connectivity index (χ4v) is 4.55. The highest BCUT2D eigenvalue weighted by Gasteiger charge is 2.41. The van der Waals surface area contributed by atoms with E-state index in [9.17, 15) is 23.1 Å². The van der Waals surface area contributed by atoms with Gasteiger partial charge in [0.25, 0.3) is 5.56 Å². The molecule has 27 heavy (non-hydrogen) atoms. The summed E-state index contributed by atoms with van der Waals surface area (Å²) in [5.74, 6) is 0.282. The van der Waals surface area contributed by atoms with Gasteiger partial charge in [-0.1, -0.05) is 17.7 Å². The number of rotatable bonds is 2. The number of alkyl halides is 3. The van der Waals surface area contributed by atoms with E-state index in [1.54, 1.807) is 10.6 Å². The monoisotopic (exact) mass is 399 g/mol. The Morgan fingerprint density at radius 3 is 2.74 bits per heavy atom. The number of halogens is 4. The molecule has 5 nitrogen and oxygen atoms in total. The van der Waals surface area contributed by atoms with Gasteiger partial charge in [0.1, 0.15) is 5.82 Å². The highest BCUT2D eigenvalue weighted by molar-refractivity contribution is 6.33. The summed E-state index contributed by atoms with van der Waals surface area (Å²) in [5, 5.41) is 9.81. The van der Waals surface area contributed by atoms with E-state index in [1.165, 1.54) is 6.07 Å². The van der Waals surface area contributed by atoms with Gasteiger partial charge in [-0.3, -0.25) is 4.79 Å². The van der Waals surface area contributed by atoms with E-state index in [1.807, 2.05) is 11.0 Å². The van der Waals surface area contributed by atoms with Gasteiger partial charge in [-0.25, -0.2) is 4.98 Å². The Morgan fingerprint density at radius 1 is 1.30 bits per heavy atom. The van der Waals surface area contributed by atoms with Gasteiger partial charge in [0.15, 0.2) is 0 Å². The summed E-state index contributed by atoms with van der Waals surface area (Å²) in [7, 11) is 0. The van der Waals surface area contributed by atoms with Crippen molar-refractivity contribution in [2.75, 3.05) is 24.6 Å². The Morgan fingerprint density at radius 2 is 2.07 bits per heavy atom. The van der Waals surface area contributed by atoms with E-state index in [2.05, 4.69) is 4.98 Å². The van der Waals surface area contributed by atoms with Crippen LogP contribution in [0.3, 0.4) is 0 Å². The van der Waals surface area contributed by atoms with Crippen molar-refractivity contribution in [3.05, 3.63) is 57.1 Å². The number of aromatic nitrogens is 2. The molecule has 4 heterocycles. The first kappa shape index (κ1) is 18.3. The lowest BCUT2D eigenvalue weighted by atomic mass is 9.78. The standard InChI is InChI=1S/C18H17ClF3N3O2/c19-13-5-12(18(20,21)22)6-23-17(13)24-7-10-4-11(8-24)15(9-26)25-14(10)2-1-3-16(25)27/h1-3,5-6,10-11,15,26H,4,7-9H2/t10-,11+,15+/m1/s1. The zero-order chi connectivity index (χ0) is 19.3. The lowest BCUT2D eigenvalue weighted by Crippen LogP contribution is -2.50. The van der Waals surface area contributed by atoms with E-state index < -0.39 is 11.7 Å². The normalized spacial score (nSPS) is 24.6. The quantitative estimate of drug-likeness (QED) is 0.843. The van der Waals surface area contributed by atoms with Crippen molar-refractivity contribution in [1.29, 1.82) is 0 Å². The van der Waals surface area contributed by atoms with E-state index >= 15 is 0 Å². The number of anilines is 1. The molecule has 0 spiro atoms. The van der Waals surface area contributed by atoms with Gasteiger partial charge in [-0.2, -0.15) is 13.2 Å². The fraction of sp³-hybridized carbons (Fsp3) is 0.444. The van der Waals surface area contributed by atoms with Crippen molar-refractivity contribution in [1.82, 2.24) is 9.55 Å². The van der Waals surface area contributed by atoms with E-state index in [0.29, 0.717) is 18.9 Å². The van der Waals surface area contributed by atoms with E-state index in [4.69, 9.17) is 11.6 Å². The van der Waals surface area contributed by atoms with Crippen molar-refractivity contribution in [2.45, 2.75) is 24.6 Å². The van der Waals surface area contributed by atoms with Crippen LogP contribution in [0.5, 0.6) is 0 Å². The van der Waals surface area contributed by atoms with Crippen LogP contribution in [0.15, 0.2) is 35.3 Å². The summed E-state index contributed by atoms with van der Waals surface area (Å²) in [6.07, 6.45) is -2.92. The molecule has 3 atom stereocenters. The first-order chi connectivity index (χ1) is 12.8. The third-order valence-corrected chi connectivity index (χ3v) is 5.71. The third kappa shape index (κ3) is 3.10. The molecule has 1 saturated heterocycles. The molecule has 2 aromatic heterocycles. The van der Waals surface area contributed by atoms with E-state index in [0.717, 1.165) is 24.4 Å². The molecule has 1 fully saturated rings. The minimum atomic E-state index is -4.50. The molecular formula is C18H17ClF3N3O2. The summed E-state index contributed by atoms with van der Waals surface area (Å²) >= 11 is 6.11. The molecule has 0 radical (unpaired) electrons. The molecule has 2 aliphatic rings. The van der Waals surface area contributed by atoms with Crippen LogP contribution in [-0.2, 0) is 6.18 Å². The SMILES string of the molecule is O=c1cccc2n1[C@@H](CO)[C@H]1C[C@@H]2CN(c2ncc(C(F)(F)F)cc2Cl)C1. The fourth-order valence-electron chi connectivity index (χ4n) is 4.27. The van der Waals surface area contributed by atoms with Crippen molar-refractivity contribution in [3.8, 4) is 0 Å². The molecule has 0 aliphatic carbocycles. The minimum absolute atomic E-state index is 0.0145. The number of hydrogen-bond acceptors (Lipinski definition) is 4. The van der Waals surface area contributed by atoms with Crippen molar-refractivity contribution in [3.63, 3.8) is 0 Å². The van der Waals surface area contributed by atoms with Gasteiger partial charge >= 0.3 is 6.18 Å². The average Bonchev–Trinajstić information content (AvgIpc) is 2.62. The number of aliphatic hydroxyl groups excluding tert-OH is 1. The number of piperidine rings is 1. The predicted octanol–water partition coefficient (Wildman–Crippen LogP) is 3.07. The maximum atomic E-state index is 12.9. The van der Waals surface area contributed by atoms with Gasteiger partial charge in [0.05, 0.1) is 23.2 Å². The summed E-state index contributed by atoms with van der Waals surface area (Å²) in [6, 6.07) is 5.53. The molecule has 0 aromatic carbocycles. The van der Waals surface area contributed by atoms with Gasteiger partial charge in [0, 0.05) is 42.9 Å². The maximum absolute atomic E-state index is 12.9. The third-order valence-electron chi connectivity index (χ3n) is 5.43. The molecule has 0 amide bonds. The first-order valence-corrected chi connectivity index (χ1v) is 8.97. The molecule has 2 aromatic rings. The van der Waals surface area contributed by atoms with Gasteiger partial charge in [-0.05, 0) is 18.6 Å². The first-order valence-electron chi connectivity index (χ1n) is 8.59. The Bertz CT molecular complexity index is 931. The Hall–Kier alpha value is -2.06. The topological polar surface area (TPSA) is 58.4 Å². The molecule has 2 aliphatic heterocycles. The highest BCUT2D eigenvalue weighted by atomic mass is 35.5. The van der Waals surface area contributed by atoms with Crippen LogP contribution in [-0.4, -0.2) is 34.4 Å². The molecular weight excluding hydrogens is 383 g/mol. The molecule has 1 N–H and O–H groups in total. The Balaban J connectivity index is 1.71. The number of aliphatic hydroxyl groups is 1. The van der Waals surface area contributed by atoms with Gasteiger partial charge in [-0.15, -0.1) is 0 Å². The summed E-state index contributed by atoms with van der Waals surface area (Å²) in [4.78, 5) is 18.1. The number of hydrogen-bond donors (Lipinski definition) is 1. The minimum Gasteiger partial charge on any atom is -0.394 e. The average molecular weight is 400 g/mol. The molecule has 144 valence electrons. The van der Waals surface area contributed by atoms with Crippen LogP contribution < -0.4 is 10.5 Å². The van der Waals surface area contributed by atoms with Crippen LogP contribution in [0.4, 0.5) is 19.0 Å². The Kier molecular flexibility index (Phi) is 4.43. The van der Waals surface area contributed by atoms with Crippen molar-refractivity contribution in [2.24, 2.45) is 5.92 Å². The summed E-state index contributed by atoms with van der Waals surface area (Å²) < 4.78 is 40.2. The number of nitrogens with zero attached hydrogens (tertiary/aromatic N) is 3. The lowest BCUT2D eigenvalue weighted by Gasteiger charge is -2.47. The maximum Gasteiger partial charge on any atom is 0.417 e. The highest BCUT2D eigenvalue weighted by Crippen LogP contribution is 2.43. The molecule has 9 heteroatoms. The zero-order valence-electron chi connectivity index (χ0n) is 14.2. The smallest absolute Gasteiger partial charge is 0.394 e. The van der Waals surface area contributed by atoms with Crippen LogP contribution in [0, 0.1) is 5.92 Å². The van der Waals surface area contributed by atoms with Gasteiger partial charge in [0.2, 0.25) is 0 Å². The van der Waals surface area contributed by atoms with Crippen LogP contribution >= 0.6 is 11.6 Å². The van der Waals surface area contributed by atoms with Crippen LogP contribution in [0.2, 0.25) is 5.02 Å². The molecule has 0 saturated carbocycles. The second-order valence-corrected chi connectivity index (χ2v) is 7.44. The molecule has 4 rings (SSSR count). The largest absolute Gasteiger partial charge is 0.417 e. The molecule has 0 unspecified atom stereocenters.